The molecule has 0 bridgehead atoms. The maximum atomic E-state index is 3.74. The van der Waals surface area contributed by atoms with Gasteiger partial charge in [-0.15, -0.1) is 0 Å². The van der Waals surface area contributed by atoms with Gasteiger partial charge in [0.1, 0.15) is 0 Å². The number of hydrogen-bond acceptors (Lipinski definition) is 0. The third kappa shape index (κ3) is 4.78. The molecule has 0 aliphatic rings. The minimum atomic E-state index is -0.840. The first kappa shape index (κ1) is 9.93. The van der Waals surface area contributed by atoms with Crippen LogP contribution in [0.15, 0.2) is 38.0 Å². The van der Waals surface area contributed by atoms with Gasteiger partial charge in [-0.25, -0.2) is 0 Å². The van der Waals surface area contributed by atoms with Gasteiger partial charge in [0.2, 0.25) is 0 Å². The fourth-order valence-corrected chi connectivity index (χ4v) is 3.56. The van der Waals surface area contributed by atoms with Gasteiger partial charge in [0.05, 0.1) is 0 Å². The van der Waals surface area contributed by atoms with Crippen LogP contribution in [0.2, 0.25) is 14.2 Å². The summed E-state index contributed by atoms with van der Waals surface area (Å²) in [7, 11) is 0. The van der Waals surface area contributed by atoms with Crippen LogP contribution in [0.1, 0.15) is 0 Å². The molecule has 0 saturated carbocycles. The topological polar surface area (TPSA) is 0 Å². The van der Waals surface area contributed by atoms with Crippen molar-refractivity contribution in [3.63, 3.8) is 0 Å². The van der Waals surface area contributed by atoms with Gasteiger partial charge < -0.3 is 0 Å². The Morgan fingerprint density at radius 2 is 1.10 bits per heavy atom. The average molecular weight is 171 g/mol. The normalized spacial score (nSPS) is 8.40. The number of rotatable bonds is 6. The van der Waals surface area contributed by atoms with Crippen molar-refractivity contribution in [3.8, 4) is 0 Å². The maximum absolute atomic E-state index is 3.74. The SMILES string of the molecule is C=C[CH2][Ti]([CH2]C=C)[CH2]C=C. The van der Waals surface area contributed by atoms with Crippen molar-refractivity contribution in [1.82, 2.24) is 0 Å². The van der Waals surface area contributed by atoms with Crippen LogP contribution in [0.4, 0.5) is 0 Å². The van der Waals surface area contributed by atoms with E-state index in [4.69, 9.17) is 0 Å². The van der Waals surface area contributed by atoms with E-state index in [9.17, 15) is 0 Å². The Hall–Kier alpha value is -0.0657. The molecule has 0 aromatic heterocycles. The van der Waals surface area contributed by atoms with Crippen molar-refractivity contribution < 1.29 is 17.9 Å². The predicted molar refractivity (Wildman–Crippen MR) is 45.0 cm³/mol. The van der Waals surface area contributed by atoms with E-state index in [2.05, 4.69) is 19.7 Å². The number of allylic oxidation sites excluding steroid dienone is 3. The van der Waals surface area contributed by atoms with E-state index in [1.165, 1.54) is 14.2 Å². The quantitative estimate of drug-likeness (QED) is 0.424. The second-order valence-corrected chi connectivity index (χ2v) is 6.48. The van der Waals surface area contributed by atoms with Crippen molar-refractivity contribution in [2.45, 2.75) is 14.2 Å². The molecule has 0 N–H and O–H groups in total. The zero-order valence-electron chi connectivity index (χ0n) is 6.47. The summed E-state index contributed by atoms with van der Waals surface area (Å²) in [4.78, 5) is 0. The van der Waals surface area contributed by atoms with Crippen LogP contribution in [0.25, 0.3) is 0 Å². The van der Waals surface area contributed by atoms with E-state index < -0.39 is 17.9 Å². The third-order valence-electron chi connectivity index (χ3n) is 1.30. The van der Waals surface area contributed by atoms with Gasteiger partial charge in [0.25, 0.3) is 0 Å². The molecule has 1 heteroatoms. The molecule has 10 heavy (non-hydrogen) atoms. The number of hydrogen-bond donors (Lipinski definition) is 0. The molecule has 55 valence electrons. The van der Waals surface area contributed by atoms with Crippen LogP contribution in [-0.2, 0) is 17.9 Å². The summed E-state index contributed by atoms with van der Waals surface area (Å²) in [5.74, 6) is 0. The minimum absolute atomic E-state index is 0.840. The molecular weight excluding hydrogens is 156 g/mol. The standard InChI is InChI=1S/3C3H5.Ti/c3*1-3-2;/h3*3H,1-2H2;. The molecule has 0 spiro atoms. The summed E-state index contributed by atoms with van der Waals surface area (Å²) in [5.41, 5.74) is 0. The van der Waals surface area contributed by atoms with Crippen LogP contribution >= 0.6 is 0 Å². The Morgan fingerprint density at radius 3 is 1.30 bits per heavy atom. The Kier molecular flexibility index (Phi) is 7.00. The molecule has 0 atom stereocenters. The Bertz CT molecular complexity index is 92.1. The molecule has 0 rings (SSSR count). The zero-order valence-corrected chi connectivity index (χ0v) is 8.04. The van der Waals surface area contributed by atoms with Gasteiger partial charge in [0.15, 0.2) is 0 Å². The predicted octanol–water partition coefficient (Wildman–Crippen LogP) is 3.42. The van der Waals surface area contributed by atoms with Crippen molar-refractivity contribution in [3.05, 3.63) is 38.0 Å². The van der Waals surface area contributed by atoms with Gasteiger partial charge >= 0.3 is 70.0 Å². The summed E-state index contributed by atoms with van der Waals surface area (Å²) in [5, 5.41) is 0. The fourth-order valence-electron chi connectivity index (χ4n) is 0.862. The van der Waals surface area contributed by atoms with Gasteiger partial charge in [-0.05, 0) is 0 Å². The Morgan fingerprint density at radius 1 is 0.800 bits per heavy atom. The fraction of sp³-hybridized carbons (Fsp3) is 0.333. The second kappa shape index (κ2) is 7.05. The van der Waals surface area contributed by atoms with E-state index in [-0.39, 0.29) is 0 Å². The van der Waals surface area contributed by atoms with Crippen molar-refractivity contribution >= 4 is 0 Å². The Balaban J connectivity index is 3.58. The van der Waals surface area contributed by atoms with E-state index >= 15 is 0 Å². The van der Waals surface area contributed by atoms with E-state index in [1.54, 1.807) is 0 Å². The second-order valence-electron chi connectivity index (χ2n) is 2.23. The average Bonchev–Trinajstić information content (AvgIpc) is 1.90. The molecule has 0 amide bonds. The molecule has 0 fully saturated rings. The summed E-state index contributed by atoms with van der Waals surface area (Å²) < 4.78 is 3.70. The summed E-state index contributed by atoms with van der Waals surface area (Å²) >= 11 is -0.840. The summed E-state index contributed by atoms with van der Waals surface area (Å²) in [6.07, 6.45) is 6.09. The molecule has 0 nitrogen and oxygen atoms in total. The van der Waals surface area contributed by atoms with E-state index in [0.29, 0.717) is 0 Å². The van der Waals surface area contributed by atoms with E-state index in [1.807, 2.05) is 18.2 Å². The van der Waals surface area contributed by atoms with Gasteiger partial charge in [-0.1, -0.05) is 0 Å². The van der Waals surface area contributed by atoms with E-state index in [0.717, 1.165) is 0 Å². The van der Waals surface area contributed by atoms with Gasteiger partial charge in [-0.3, -0.25) is 0 Å². The molecule has 0 aromatic rings. The zero-order chi connectivity index (χ0) is 7.82. The third-order valence-corrected chi connectivity index (χ3v) is 5.36. The molecule has 0 saturated heterocycles. The van der Waals surface area contributed by atoms with Gasteiger partial charge in [-0.2, -0.15) is 0 Å². The van der Waals surface area contributed by atoms with Gasteiger partial charge in [0, 0.05) is 0 Å². The summed E-state index contributed by atoms with van der Waals surface area (Å²) in [6.45, 7) is 11.2. The molecular formula is C9H15Ti. The monoisotopic (exact) mass is 171 g/mol. The van der Waals surface area contributed by atoms with Crippen LogP contribution in [0.5, 0.6) is 0 Å². The molecule has 0 unspecified atom stereocenters. The molecule has 0 aliphatic carbocycles. The molecule has 0 aliphatic heterocycles. The first-order valence-electron chi connectivity index (χ1n) is 3.51. The summed E-state index contributed by atoms with van der Waals surface area (Å²) in [6, 6.07) is 0. The van der Waals surface area contributed by atoms with Crippen LogP contribution < -0.4 is 0 Å². The first-order chi connectivity index (χ1) is 4.85. The van der Waals surface area contributed by atoms with Crippen molar-refractivity contribution in [1.29, 1.82) is 0 Å². The molecule has 0 heterocycles. The molecule has 0 radical (unpaired) electrons. The van der Waals surface area contributed by atoms with Crippen LogP contribution in [0.3, 0.4) is 0 Å². The Labute approximate surface area is 70.2 Å². The van der Waals surface area contributed by atoms with Crippen molar-refractivity contribution in [2.24, 2.45) is 0 Å². The van der Waals surface area contributed by atoms with Crippen molar-refractivity contribution in [2.75, 3.05) is 0 Å². The van der Waals surface area contributed by atoms with Crippen LogP contribution in [-0.4, -0.2) is 0 Å². The molecule has 0 aromatic carbocycles. The first-order valence-corrected chi connectivity index (χ1v) is 6.82. The van der Waals surface area contributed by atoms with Crippen LogP contribution in [0, 0.1) is 0 Å².